The molecule has 1 heterocycles. The first-order valence-corrected chi connectivity index (χ1v) is 7.71. The van der Waals surface area contributed by atoms with E-state index in [1.54, 1.807) is 19.2 Å². The second-order valence-corrected chi connectivity index (χ2v) is 3.00. The number of para-hydroxylation sites is 1. The van der Waals surface area contributed by atoms with Gasteiger partial charge in [0.25, 0.3) is 0 Å². The number of rotatable bonds is 0. The topological polar surface area (TPSA) is 15.8 Å². The minimum Gasteiger partial charge on any atom is -0.477 e. The molecule has 0 fully saturated rings. The van der Waals surface area contributed by atoms with Gasteiger partial charge in [-0.2, -0.15) is 17.5 Å². The van der Waals surface area contributed by atoms with Crippen LogP contribution >= 0.6 is 24.8 Å². The molecular weight excluding hydrogens is 401 g/mol. The summed E-state index contributed by atoms with van der Waals surface area (Å²) in [5, 5.41) is 1.22. The molecule has 2 radical (unpaired) electrons. The van der Waals surface area contributed by atoms with Crippen LogP contribution in [0.2, 0.25) is 0 Å². The molecule has 0 saturated carbocycles. The van der Waals surface area contributed by atoms with E-state index in [1.807, 2.05) is 36.4 Å². The van der Waals surface area contributed by atoms with Crippen molar-refractivity contribution < 1.29 is 19.2 Å². The third-order valence-corrected chi connectivity index (χ3v) is 1.98. The molecule has 1 N–H and O–H groups in total. The summed E-state index contributed by atoms with van der Waals surface area (Å²) in [6.45, 7) is 0. The summed E-state index contributed by atoms with van der Waals surface area (Å²) in [6, 6.07) is 10.1. The van der Waals surface area contributed by atoms with Crippen LogP contribution in [0.5, 0.6) is 0 Å². The molecule has 0 amide bonds. The first kappa shape index (κ1) is 56.3. The maximum atomic E-state index is 2.99. The minimum absolute atomic E-state index is 0. The van der Waals surface area contributed by atoms with Gasteiger partial charge in [-0.3, -0.25) is 6.08 Å². The summed E-state index contributed by atoms with van der Waals surface area (Å²) >= 11 is 1.81. The summed E-state index contributed by atoms with van der Waals surface area (Å²) in [4.78, 5) is 2.99. The number of aromatic amines is 1. The van der Waals surface area contributed by atoms with Gasteiger partial charge in [0.05, 0.1) is 0 Å². The Bertz CT molecular complexity index is 445. The standard InChI is InChI=1S/C8H6N.C5H5.7CH3.2ClH.Si.Ti/c1-2-4-8-7(3-1)5-6-9-8;1-2-4-5-3-1;;;;;;;;;;;/h1-5,9H;1-3H,4H2;7*1H3;2*1H;;/q9*-1;;;;. The molecule has 3 rings (SSSR count). The quantitative estimate of drug-likeness (QED) is 0.343. The van der Waals surface area contributed by atoms with Gasteiger partial charge >= 0.3 is 26.8 Å². The fourth-order valence-corrected chi connectivity index (χ4v) is 1.27. The van der Waals surface area contributed by atoms with Gasteiger partial charge < -0.3 is 57.0 Å². The molecule has 2 aromatic rings. The second-order valence-electron chi connectivity index (χ2n) is 3.00. The monoisotopic (exact) mass is 434 g/mol. The van der Waals surface area contributed by atoms with Crippen molar-refractivity contribution in [2.75, 3.05) is 0 Å². The number of aromatic nitrogens is 1. The summed E-state index contributed by atoms with van der Waals surface area (Å²) < 4.78 is 0. The molecule has 0 atom stereocenters. The molecule has 1 aliphatic rings. The fraction of sp³-hybridized carbons (Fsp3) is 0.0500. The van der Waals surface area contributed by atoms with E-state index in [1.165, 1.54) is 5.39 Å². The van der Waals surface area contributed by atoms with Crippen molar-refractivity contribution in [1.82, 2.24) is 4.98 Å². The molecule has 1 aromatic heterocycles. The Morgan fingerprint density at radius 3 is 1.76 bits per heavy atom. The largest absolute Gasteiger partial charge is 0.477 e. The van der Waals surface area contributed by atoms with E-state index >= 15 is 0 Å². The van der Waals surface area contributed by atoms with Crippen molar-refractivity contribution in [3.05, 3.63) is 113 Å². The van der Waals surface area contributed by atoms with Crippen molar-refractivity contribution in [3.63, 3.8) is 0 Å². The molecule has 0 bridgehead atoms. The van der Waals surface area contributed by atoms with Gasteiger partial charge in [0.15, 0.2) is 0 Å². The van der Waals surface area contributed by atoms with E-state index in [0.29, 0.717) is 0 Å². The van der Waals surface area contributed by atoms with Crippen LogP contribution in [-0.4, -0.2) is 12.6 Å². The fourth-order valence-electron chi connectivity index (χ4n) is 1.27. The summed E-state index contributed by atoms with van der Waals surface area (Å²) in [7, 11) is 2.97. The molecule has 5 heteroatoms. The number of hydrogen-bond donors (Lipinski definition) is 1. The zero-order valence-corrected chi connectivity index (χ0v) is 20.8. The Hall–Kier alpha value is -0.249. The number of H-pyrrole nitrogens is 1. The van der Waals surface area contributed by atoms with Crippen molar-refractivity contribution in [3.8, 4) is 0 Å². The maximum absolute atomic E-state index is 2.99. The number of nitrogens with one attached hydrogen (secondary N) is 1. The number of fused-ring (bicyclic) bond motifs is 1. The maximum Gasteiger partial charge on any atom is -0.0745 e. The SMILES string of the molecule is Cl.Cl.[C-]1=CC=CC1.[CH3-].[CH3-].[CH3-].[CH3-].[CH3-].[CH3-].[CH3-].[Si]=[Ti].[c-]1cc2ccccc2[nH]1. The van der Waals surface area contributed by atoms with Crippen LogP contribution in [0.4, 0.5) is 0 Å². The van der Waals surface area contributed by atoms with E-state index in [9.17, 15) is 0 Å². The minimum atomic E-state index is 0. The van der Waals surface area contributed by atoms with Crippen LogP contribution in [0.3, 0.4) is 0 Å². The number of hydrogen-bond acceptors (Lipinski definition) is 0. The Morgan fingerprint density at radius 2 is 1.40 bits per heavy atom. The van der Waals surface area contributed by atoms with E-state index in [2.05, 4.69) is 37.0 Å². The molecule has 150 valence electrons. The van der Waals surface area contributed by atoms with E-state index in [-0.39, 0.29) is 76.8 Å². The Balaban J connectivity index is -0.0000000210. The van der Waals surface area contributed by atoms with Crippen molar-refractivity contribution in [1.29, 1.82) is 0 Å². The van der Waals surface area contributed by atoms with E-state index < -0.39 is 0 Å². The Morgan fingerprint density at radius 1 is 0.880 bits per heavy atom. The average molecular weight is 435 g/mol. The molecule has 0 spiro atoms. The van der Waals surface area contributed by atoms with Gasteiger partial charge in [-0.15, -0.1) is 55.1 Å². The van der Waals surface area contributed by atoms with Gasteiger partial charge in [-0.1, -0.05) is 12.1 Å². The summed E-state index contributed by atoms with van der Waals surface area (Å²) in [5.41, 5.74) is 1.15. The normalized spacial score (nSPS) is 7.32. The molecule has 1 nitrogen and oxygen atoms in total. The van der Waals surface area contributed by atoms with Gasteiger partial charge in [0.2, 0.25) is 0 Å². The van der Waals surface area contributed by atoms with Crippen LogP contribution < -0.4 is 0 Å². The van der Waals surface area contributed by atoms with Crippen molar-refractivity contribution in [2.24, 2.45) is 0 Å². The van der Waals surface area contributed by atoms with Gasteiger partial charge in [-0.05, 0) is 0 Å². The van der Waals surface area contributed by atoms with E-state index in [0.717, 1.165) is 11.9 Å². The van der Waals surface area contributed by atoms with E-state index in [4.69, 9.17) is 0 Å². The summed E-state index contributed by atoms with van der Waals surface area (Å²) in [5.74, 6) is 0. The van der Waals surface area contributed by atoms with Crippen LogP contribution in [-0.2, 0) is 19.2 Å². The number of allylic oxidation sites excluding steroid dienone is 4. The zero-order valence-electron chi connectivity index (χ0n) is 16.6. The van der Waals surface area contributed by atoms with Crippen molar-refractivity contribution >= 4 is 43.3 Å². The van der Waals surface area contributed by atoms with Crippen LogP contribution in [0.1, 0.15) is 6.42 Å². The predicted molar refractivity (Wildman–Crippen MR) is 124 cm³/mol. The predicted octanol–water partition coefficient (Wildman–Crippen LogP) is 6.89. The summed E-state index contributed by atoms with van der Waals surface area (Å²) in [6.07, 6.45) is 12.9. The molecule has 25 heavy (non-hydrogen) atoms. The van der Waals surface area contributed by atoms with Crippen LogP contribution in [0, 0.1) is 64.3 Å². The molecular formula is C20H34Cl2NSiTi-9. The molecule has 1 aromatic carbocycles. The Kier molecular flexibility index (Phi) is 87.8. The first-order valence-electron chi connectivity index (χ1n) is 4.87. The number of benzene rings is 1. The molecule has 0 unspecified atom stereocenters. The van der Waals surface area contributed by atoms with Gasteiger partial charge in [0, 0.05) is 0 Å². The number of halogens is 2. The molecule has 0 saturated heterocycles. The van der Waals surface area contributed by atoms with Crippen LogP contribution in [0.25, 0.3) is 10.9 Å². The molecule has 0 aliphatic heterocycles. The average Bonchev–Trinajstić information content (AvgIpc) is 3.06. The third kappa shape index (κ3) is 23.8. The third-order valence-electron chi connectivity index (χ3n) is 1.98. The smallest absolute Gasteiger partial charge is 0.0745 e. The molecule has 1 aliphatic carbocycles. The second kappa shape index (κ2) is 39.0. The van der Waals surface area contributed by atoms with Gasteiger partial charge in [0.1, 0.15) is 0 Å². The van der Waals surface area contributed by atoms with Crippen molar-refractivity contribution in [2.45, 2.75) is 6.42 Å². The Labute approximate surface area is 186 Å². The van der Waals surface area contributed by atoms with Crippen LogP contribution in [0.15, 0.2) is 48.6 Å². The first-order chi connectivity index (χ1) is 7.97. The zero-order chi connectivity index (χ0) is 11.6. The van der Waals surface area contributed by atoms with Gasteiger partial charge in [-0.25, -0.2) is 12.2 Å².